The van der Waals surface area contributed by atoms with Crippen LogP contribution in [0.2, 0.25) is 10.0 Å². The minimum Gasteiger partial charge on any atom is -0.280 e. The Labute approximate surface area is 121 Å². The summed E-state index contributed by atoms with van der Waals surface area (Å²) in [5.41, 5.74) is 1.65. The summed E-state index contributed by atoms with van der Waals surface area (Å²) in [7, 11) is -3.72. The van der Waals surface area contributed by atoms with E-state index in [9.17, 15) is 8.42 Å². The van der Waals surface area contributed by atoms with E-state index in [4.69, 9.17) is 23.2 Å². The van der Waals surface area contributed by atoms with Crippen molar-refractivity contribution in [2.75, 3.05) is 4.72 Å². The maximum Gasteiger partial charge on any atom is 0.262 e. The largest absolute Gasteiger partial charge is 0.280 e. The Bertz CT molecular complexity index is 706. The monoisotopic (exact) mass is 319 g/mol. The Morgan fingerprint density at radius 3 is 2.42 bits per heavy atom. The minimum atomic E-state index is -3.72. The number of H-pyrrole nitrogens is 1. The normalized spacial score (nSPS) is 11.6. The van der Waals surface area contributed by atoms with Crippen molar-refractivity contribution in [3.05, 3.63) is 39.6 Å². The van der Waals surface area contributed by atoms with E-state index in [-0.39, 0.29) is 9.92 Å². The molecule has 0 atom stereocenters. The standard InChI is InChI=1S/C11H11Cl2N3O2S/c1-6-11(7(2)15-14-6)16-19(17,18)8-3-4-9(12)10(13)5-8/h3-5,16H,1-2H3,(H,14,15). The summed E-state index contributed by atoms with van der Waals surface area (Å²) < 4.78 is 26.9. The van der Waals surface area contributed by atoms with E-state index in [0.717, 1.165) is 0 Å². The van der Waals surface area contributed by atoms with Gasteiger partial charge in [-0.1, -0.05) is 23.2 Å². The van der Waals surface area contributed by atoms with E-state index in [1.807, 2.05) is 0 Å². The van der Waals surface area contributed by atoms with Crippen LogP contribution in [0.1, 0.15) is 11.4 Å². The highest BCUT2D eigenvalue weighted by Gasteiger charge is 2.18. The molecule has 0 aliphatic rings. The third-order valence-electron chi connectivity index (χ3n) is 2.57. The number of nitrogens with one attached hydrogen (secondary N) is 2. The Morgan fingerprint density at radius 2 is 1.89 bits per heavy atom. The number of benzene rings is 1. The van der Waals surface area contributed by atoms with Gasteiger partial charge in [0.15, 0.2) is 0 Å². The van der Waals surface area contributed by atoms with Crippen LogP contribution in [0.3, 0.4) is 0 Å². The maximum atomic E-state index is 12.2. The first-order valence-corrected chi connectivity index (χ1v) is 7.54. The van der Waals surface area contributed by atoms with E-state index < -0.39 is 10.0 Å². The molecule has 1 aromatic heterocycles. The zero-order chi connectivity index (χ0) is 14.2. The molecule has 0 aliphatic carbocycles. The summed E-state index contributed by atoms with van der Waals surface area (Å²) in [6.07, 6.45) is 0. The van der Waals surface area contributed by atoms with Crippen molar-refractivity contribution in [3.8, 4) is 0 Å². The number of aromatic nitrogens is 2. The number of nitrogens with zero attached hydrogens (tertiary/aromatic N) is 1. The van der Waals surface area contributed by atoms with Crippen LogP contribution in [0.25, 0.3) is 0 Å². The zero-order valence-electron chi connectivity index (χ0n) is 10.2. The summed E-state index contributed by atoms with van der Waals surface area (Å²) in [5.74, 6) is 0. The molecule has 1 heterocycles. The average Bonchev–Trinajstić information content (AvgIpc) is 2.64. The van der Waals surface area contributed by atoms with Crippen LogP contribution in [-0.4, -0.2) is 18.6 Å². The van der Waals surface area contributed by atoms with Gasteiger partial charge in [0.1, 0.15) is 0 Å². The Morgan fingerprint density at radius 1 is 1.21 bits per heavy atom. The van der Waals surface area contributed by atoms with Crippen molar-refractivity contribution in [2.24, 2.45) is 0 Å². The summed E-state index contributed by atoms with van der Waals surface area (Å²) in [4.78, 5) is 0.0434. The van der Waals surface area contributed by atoms with Gasteiger partial charge in [-0.3, -0.25) is 9.82 Å². The third-order valence-corrected chi connectivity index (χ3v) is 4.65. The highest BCUT2D eigenvalue weighted by Crippen LogP contribution is 2.27. The van der Waals surface area contributed by atoms with Crippen molar-refractivity contribution < 1.29 is 8.42 Å². The molecule has 0 unspecified atom stereocenters. The van der Waals surface area contributed by atoms with Crippen LogP contribution in [0, 0.1) is 13.8 Å². The van der Waals surface area contributed by atoms with Gasteiger partial charge in [-0.05, 0) is 32.0 Å². The van der Waals surface area contributed by atoms with Crippen LogP contribution < -0.4 is 4.72 Å². The lowest BCUT2D eigenvalue weighted by Crippen LogP contribution is -2.14. The molecular weight excluding hydrogens is 309 g/mol. The van der Waals surface area contributed by atoms with Crippen molar-refractivity contribution in [1.29, 1.82) is 0 Å². The molecule has 0 radical (unpaired) electrons. The van der Waals surface area contributed by atoms with Gasteiger partial charge < -0.3 is 0 Å². The van der Waals surface area contributed by atoms with Gasteiger partial charge in [-0.2, -0.15) is 5.10 Å². The number of hydrogen-bond donors (Lipinski definition) is 2. The molecule has 0 saturated heterocycles. The van der Waals surface area contributed by atoms with Gasteiger partial charge in [-0.15, -0.1) is 0 Å². The Balaban J connectivity index is 2.41. The maximum absolute atomic E-state index is 12.2. The summed E-state index contributed by atoms with van der Waals surface area (Å²) in [6.45, 7) is 3.43. The van der Waals surface area contributed by atoms with Gasteiger partial charge >= 0.3 is 0 Å². The summed E-state index contributed by atoms with van der Waals surface area (Å²) >= 11 is 11.6. The third kappa shape index (κ3) is 2.86. The molecule has 8 heteroatoms. The predicted molar refractivity (Wildman–Crippen MR) is 75.3 cm³/mol. The second-order valence-electron chi connectivity index (χ2n) is 3.99. The summed E-state index contributed by atoms with van der Waals surface area (Å²) in [6, 6.07) is 4.13. The van der Waals surface area contributed by atoms with Crippen LogP contribution in [0.5, 0.6) is 0 Å². The van der Waals surface area contributed by atoms with Gasteiger partial charge in [0, 0.05) is 0 Å². The SMILES string of the molecule is Cc1n[nH]c(C)c1NS(=O)(=O)c1ccc(Cl)c(Cl)c1. The number of rotatable bonds is 3. The lowest BCUT2D eigenvalue weighted by molar-refractivity contribution is 0.601. The van der Waals surface area contributed by atoms with Crippen LogP contribution in [-0.2, 0) is 10.0 Å². The first-order valence-electron chi connectivity index (χ1n) is 5.30. The highest BCUT2D eigenvalue weighted by molar-refractivity contribution is 7.92. The topological polar surface area (TPSA) is 74.8 Å². The molecule has 102 valence electrons. The quantitative estimate of drug-likeness (QED) is 0.912. The molecule has 0 aliphatic heterocycles. The van der Waals surface area contributed by atoms with E-state index in [2.05, 4.69) is 14.9 Å². The Hall–Kier alpha value is -1.24. The molecule has 0 amide bonds. The van der Waals surface area contributed by atoms with E-state index in [0.29, 0.717) is 22.1 Å². The molecule has 2 aromatic rings. The fourth-order valence-electron chi connectivity index (χ4n) is 1.54. The zero-order valence-corrected chi connectivity index (χ0v) is 12.5. The van der Waals surface area contributed by atoms with Gasteiger partial charge in [-0.25, -0.2) is 8.42 Å². The molecule has 0 bridgehead atoms. The first-order chi connectivity index (χ1) is 8.81. The fraction of sp³-hybridized carbons (Fsp3) is 0.182. The highest BCUT2D eigenvalue weighted by atomic mass is 35.5. The van der Waals surface area contributed by atoms with Crippen molar-refractivity contribution in [3.63, 3.8) is 0 Å². The lowest BCUT2D eigenvalue weighted by Gasteiger charge is -2.08. The molecule has 19 heavy (non-hydrogen) atoms. The number of hydrogen-bond acceptors (Lipinski definition) is 3. The molecule has 0 spiro atoms. The van der Waals surface area contributed by atoms with Crippen LogP contribution >= 0.6 is 23.2 Å². The van der Waals surface area contributed by atoms with E-state index in [1.165, 1.54) is 18.2 Å². The van der Waals surface area contributed by atoms with Gasteiger partial charge in [0.25, 0.3) is 10.0 Å². The van der Waals surface area contributed by atoms with E-state index >= 15 is 0 Å². The number of anilines is 1. The predicted octanol–water partition coefficient (Wildman–Crippen LogP) is 3.13. The first kappa shape index (κ1) is 14.2. The van der Waals surface area contributed by atoms with Crippen molar-refractivity contribution >= 4 is 38.9 Å². The number of aryl methyl sites for hydroxylation is 2. The van der Waals surface area contributed by atoms with Crippen molar-refractivity contribution in [1.82, 2.24) is 10.2 Å². The number of aromatic amines is 1. The van der Waals surface area contributed by atoms with Crippen LogP contribution in [0.4, 0.5) is 5.69 Å². The molecule has 1 aromatic carbocycles. The number of sulfonamides is 1. The molecule has 0 fully saturated rings. The van der Waals surface area contributed by atoms with Gasteiger partial charge in [0.2, 0.25) is 0 Å². The minimum absolute atomic E-state index is 0.0434. The molecular formula is C11H11Cl2N3O2S. The smallest absolute Gasteiger partial charge is 0.262 e. The second-order valence-corrected chi connectivity index (χ2v) is 6.49. The van der Waals surface area contributed by atoms with Gasteiger partial charge in [0.05, 0.1) is 32.0 Å². The molecule has 0 saturated carbocycles. The van der Waals surface area contributed by atoms with E-state index in [1.54, 1.807) is 13.8 Å². The summed E-state index contributed by atoms with van der Waals surface area (Å²) in [5, 5.41) is 7.12. The lowest BCUT2D eigenvalue weighted by atomic mass is 10.3. The molecule has 5 nitrogen and oxygen atoms in total. The average molecular weight is 320 g/mol. The van der Waals surface area contributed by atoms with Crippen molar-refractivity contribution in [2.45, 2.75) is 18.7 Å². The molecule has 2 N–H and O–H groups in total. The number of halogens is 2. The molecule has 2 rings (SSSR count). The Kier molecular flexibility index (Phi) is 3.75. The van der Waals surface area contributed by atoms with Crippen LogP contribution in [0.15, 0.2) is 23.1 Å². The second kappa shape index (κ2) is 5.03. The fourth-order valence-corrected chi connectivity index (χ4v) is 3.11.